The van der Waals surface area contributed by atoms with Crippen LogP contribution in [0.1, 0.15) is 18.1 Å². The molecule has 5 heteroatoms. The van der Waals surface area contributed by atoms with Gasteiger partial charge < -0.3 is 14.6 Å². The maximum absolute atomic E-state index is 10.9. The number of nitrogens with zero attached hydrogens (tertiary/aromatic N) is 1. The highest BCUT2D eigenvalue weighted by Gasteiger charge is 2.09. The molecule has 0 saturated heterocycles. The van der Waals surface area contributed by atoms with Gasteiger partial charge in [-0.3, -0.25) is 0 Å². The van der Waals surface area contributed by atoms with Crippen LogP contribution in [0.25, 0.3) is 6.08 Å². The number of ether oxygens (including phenoxy) is 2. The van der Waals surface area contributed by atoms with Crippen LogP contribution in [0.3, 0.4) is 0 Å². The van der Waals surface area contributed by atoms with E-state index in [0.717, 1.165) is 6.42 Å². The maximum Gasteiger partial charge on any atom is 0.346 e. The minimum atomic E-state index is -1.26. The Balaban J connectivity index is 2.13. The second kappa shape index (κ2) is 9.14. The van der Waals surface area contributed by atoms with E-state index in [2.05, 4.69) is 0 Å². The minimum absolute atomic E-state index is 0.333. The van der Waals surface area contributed by atoms with Gasteiger partial charge in [0.15, 0.2) is 11.5 Å². The van der Waals surface area contributed by atoms with Crippen LogP contribution in [0.2, 0.25) is 0 Å². The Morgan fingerprint density at radius 3 is 2.56 bits per heavy atom. The van der Waals surface area contributed by atoms with E-state index in [1.165, 1.54) is 11.6 Å². The van der Waals surface area contributed by atoms with Gasteiger partial charge in [-0.15, -0.1) is 0 Å². The minimum Gasteiger partial charge on any atom is -0.490 e. The molecule has 128 valence electrons. The predicted octanol–water partition coefficient (Wildman–Crippen LogP) is 3.70. The number of hydrogen-bond donors (Lipinski definition) is 1. The number of benzene rings is 2. The Hall–Kier alpha value is -3.26. The fourth-order valence-corrected chi connectivity index (χ4v) is 2.23. The van der Waals surface area contributed by atoms with Gasteiger partial charge in [0.1, 0.15) is 11.6 Å². The van der Waals surface area contributed by atoms with Gasteiger partial charge in [-0.2, -0.15) is 5.26 Å². The standard InChI is InChI=1S/C20H19NO4/c1-2-24-19-13-16(12-17(14-21)20(22)23)8-9-18(19)25-11-10-15-6-4-3-5-7-15/h3-9,12-13H,2,10-11H2,1H3,(H,22,23)/b17-12-. The second-order valence-corrected chi connectivity index (χ2v) is 5.20. The highest BCUT2D eigenvalue weighted by molar-refractivity contribution is 5.96. The van der Waals surface area contributed by atoms with Gasteiger partial charge in [-0.05, 0) is 36.3 Å². The van der Waals surface area contributed by atoms with Gasteiger partial charge in [0.05, 0.1) is 13.2 Å². The van der Waals surface area contributed by atoms with Crippen molar-refractivity contribution in [2.45, 2.75) is 13.3 Å². The first-order chi connectivity index (χ1) is 12.1. The van der Waals surface area contributed by atoms with Crippen LogP contribution in [0.15, 0.2) is 54.1 Å². The number of carbonyl (C=O) groups is 1. The third kappa shape index (κ3) is 5.40. The van der Waals surface area contributed by atoms with Crippen molar-refractivity contribution in [3.05, 3.63) is 65.2 Å². The molecule has 0 atom stereocenters. The summed E-state index contributed by atoms with van der Waals surface area (Å²) in [6.45, 7) is 2.80. The van der Waals surface area contributed by atoms with E-state index < -0.39 is 5.97 Å². The molecular formula is C20H19NO4. The van der Waals surface area contributed by atoms with Crippen LogP contribution in [-0.4, -0.2) is 24.3 Å². The van der Waals surface area contributed by atoms with E-state index in [1.54, 1.807) is 24.3 Å². The lowest BCUT2D eigenvalue weighted by Crippen LogP contribution is -2.04. The monoisotopic (exact) mass is 337 g/mol. The van der Waals surface area contributed by atoms with Gasteiger partial charge in [-0.1, -0.05) is 36.4 Å². The largest absolute Gasteiger partial charge is 0.490 e. The normalized spacial score (nSPS) is 10.8. The fourth-order valence-electron chi connectivity index (χ4n) is 2.23. The smallest absolute Gasteiger partial charge is 0.346 e. The fraction of sp³-hybridized carbons (Fsp3) is 0.200. The number of rotatable bonds is 8. The van der Waals surface area contributed by atoms with E-state index in [4.69, 9.17) is 19.8 Å². The molecule has 0 amide bonds. The first-order valence-electron chi connectivity index (χ1n) is 7.92. The predicted molar refractivity (Wildman–Crippen MR) is 94.5 cm³/mol. The Morgan fingerprint density at radius 2 is 1.92 bits per heavy atom. The van der Waals surface area contributed by atoms with Crippen molar-refractivity contribution in [3.8, 4) is 17.6 Å². The highest BCUT2D eigenvalue weighted by Crippen LogP contribution is 2.29. The molecule has 25 heavy (non-hydrogen) atoms. The molecule has 0 aliphatic carbocycles. The number of hydrogen-bond acceptors (Lipinski definition) is 4. The Morgan fingerprint density at radius 1 is 1.16 bits per heavy atom. The molecule has 0 saturated carbocycles. The van der Waals surface area contributed by atoms with Gasteiger partial charge in [0.25, 0.3) is 0 Å². The van der Waals surface area contributed by atoms with E-state index >= 15 is 0 Å². The first-order valence-corrected chi connectivity index (χ1v) is 7.92. The molecule has 0 heterocycles. The molecule has 0 aliphatic heterocycles. The molecule has 2 aromatic carbocycles. The van der Waals surface area contributed by atoms with Crippen molar-refractivity contribution < 1.29 is 19.4 Å². The molecular weight excluding hydrogens is 318 g/mol. The molecule has 0 unspecified atom stereocenters. The molecule has 0 radical (unpaired) electrons. The van der Waals surface area contributed by atoms with Crippen molar-refractivity contribution in [2.24, 2.45) is 0 Å². The summed E-state index contributed by atoms with van der Waals surface area (Å²) in [5, 5.41) is 17.8. The number of carboxylic acid groups (broad SMARTS) is 1. The zero-order chi connectivity index (χ0) is 18.1. The zero-order valence-corrected chi connectivity index (χ0v) is 13.9. The molecule has 0 fully saturated rings. The Labute approximate surface area is 146 Å². The summed E-state index contributed by atoms with van der Waals surface area (Å²) in [6, 6.07) is 16.8. The Kier molecular flexibility index (Phi) is 6.61. The van der Waals surface area contributed by atoms with Crippen LogP contribution >= 0.6 is 0 Å². The van der Waals surface area contributed by atoms with Crippen molar-refractivity contribution >= 4 is 12.0 Å². The molecule has 1 N–H and O–H groups in total. The molecule has 5 nitrogen and oxygen atoms in total. The van der Waals surface area contributed by atoms with E-state index in [9.17, 15) is 4.79 Å². The Bertz CT molecular complexity index is 791. The third-order valence-corrected chi connectivity index (χ3v) is 3.42. The third-order valence-electron chi connectivity index (χ3n) is 3.42. The van der Waals surface area contributed by atoms with Crippen LogP contribution in [0.4, 0.5) is 0 Å². The van der Waals surface area contributed by atoms with Gasteiger partial charge >= 0.3 is 5.97 Å². The molecule has 2 aromatic rings. The van der Waals surface area contributed by atoms with Crippen molar-refractivity contribution in [2.75, 3.05) is 13.2 Å². The summed E-state index contributed by atoms with van der Waals surface area (Å²) < 4.78 is 11.4. The maximum atomic E-state index is 10.9. The highest BCUT2D eigenvalue weighted by atomic mass is 16.5. The van der Waals surface area contributed by atoms with Crippen LogP contribution in [-0.2, 0) is 11.2 Å². The van der Waals surface area contributed by atoms with E-state index in [-0.39, 0.29) is 5.57 Å². The lowest BCUT2D eigenvalue weighted by Gasteiger charge is -2.13. The van der Waals surface area contributed by atoms with Crippen molar-refractivity contribution in [3.63, 3.8) is 0 Å². The van der Waals surface area contributed by atoms with Crippen LogP contribution in [0.5, 0.6) is 11.5 Å². The second-order valence-electron chi connectivity index (χ2n) is 5.20. The summed E-state index contributed by atoms with van der Waals surface area (Å²) in [5.74, 6) is -0.153. The molecule has 0 spiro atoms. The molecule has 0 bridgehead atoms. The van der Waals surface area contributed by atoms with Crippen LogP contribution < -0.4 is 9.47 Å². The molecule has 0 aliphatic rings. The summed E-state index contributed by atoms with van der Waals surface area (Å²) in [7, 11) is 0. The van der Waals surface area contributed by atoms with Crippen molar-refractivity contribution in [1.29, 1.82) is 5.26 Å². The topological polar surface area (TPSA) is 79.5 Å². The summed E-state index contributed by atoms with van der Waals surface area (Å²) >= 11 is 0. The SMILES string of the molecule is CCOc1cc(/C=C(/C#N)C(=O)O)ccc1OCCc1ccccc1. The summed E-state index contributed by atoms with van der Waals surface area (Å²) in [6.07, 6.45) is 2.07. The number of nitriles is 1. The first kappa shape index (κ1) is 18.1. The van der Waals surface area contributed by atoms with Gasteiger partial charge in [-0.25, -0.2) is 4.79 Å². The quantitative estimate of drug-likeness (QED) is 0.587. The molecule has 2 rings (SSSR count). The zero-order valence-electron chi connectivity index (χ0n) is 13.9. The average molecular weight is 337 g/mol. The lowest BCUT2D eigenvalue weighted by molar-refractivity contribution is -0.132. The van der Waals surface area contributed by atoms with Crippen molar-refractivity contribution in [1.82, 2.24) is 0 Å². The van der Waals surface area contributed by atoms with Crippen LogP contribution in [0, 0.1) is 11.3 Å². The number of carboxylic acids is 1. The molecule has 0 aromatic heterocycles. The summed E-state index contributed by atoms with van der Waals surface area (Å²) in [5.41, 5.74) is 1.41. The lowest BCUT2D eigenvalue weighted by atomic mass is 10.1. The average Bonchev–Trinajstić information content (AvgIpc) is 2.62. The van der Waals surface area contributed by atoms with Gasteiger partial charge in [0, 0.05) is 6.42 Å². The van der Waals surface area contributed by atoms with Gasteiger partial charge in [0.2, 0.25) is 0 Å². The summed E-state index contributed by atoms with van der Waals surface area (Å²) in [4.78, 5) is 10.9. The van der Waals surface area contributed by atoms with E-state index in [1.807, 2.05) is 37.3 Å². The number of aliphatic carboxylic acids is 1. The van der Waals surface area contributed by atoms with E-state index in [0.29, 0.717) is 30.3 Å².